The van der Waals surface area contributed by atoms with E-state index in [4.69, 9.17) is 16.3 Å². The van der Waals surface area contributed by atoms with Crippen molar-refractivity contribution in [2.45, 2.75) is 19.6 Å². The lowest BCUT2D eigenvalue weighted by molar-refractivity contribution is 0.0750. The Morgan fingerprint density at radius 3 is 2.89 bits per heavy atom. The second-order valence-corrected chi connectivity index (χ2v) is 4.37. The van der Waals surface area contributed by atoms with Crippen LogP contribution in [0, 0.1) is 0 Å². The van der Waals surface area contributed by atoms with E-state index < -0.39 is 0 Å². The molecule has 0 spiro atoms. The summed E-state index contributed by atoms with van der Waals surface area (Å²) < 4.78 is 5.64. The standard InChI is InChI=1S/C13H13ClN2O2/c1-4-12-16-13(17)9-5-8(7(2)14)10(15-3)6-11(9)18-12/h5-6,12H,2-4H2,1H3,(H,16,17). The molecule has 1 aliphatic heterocycles. The van der Waals surface area contributed by atoms with Crippen LogP contribution in [-0.4, -0.2) is 18.9 Å². The molecule has 18 heavy (non-hydrogen) atoms. The maximum atomic E-state index is 11.9. The molecule has 0 saturated heterocycles. The van der Waals surface area contributed by atoms with E-state index in [9.17, 15) is 4.79 Å². The number of benzene rings is 1. The highest BCUT2D eigenvalue weighted by molar-refractivity contribution is 6.48. The van der Waals surface area contributed by atoms with Crippen molar-refractivity contribution in [3.8, 4) is 5.75 Å². The number of hydrogen-bond donors (Lipinski definition) is 1. The van der Waals surface area contributed by atoms with Crippen LogP contribution in [0.2, 0.25) is 0 Å². The van der Waals surface area contributed by atoms with Crippen molar-refractivity contribution in [1.29, 1.82) is 0 Å². The summed E-state index contributed by atoms with van der Waals surface area (Å²) in [7, 11) is 0. The normalized spacial score (nSPS) is 17.4. The Bertz CT molecular complexity index is 540. The molecule has 1 unspecified atom stereocenters. The average Bonchev–Trinajstić information content (AvgIpc) is 2.36. The molecule has 94 valence electrons. The number of amides is 1. The number of hydrogen-bond acceptors (Lipinski definition) is 3. The number of fused-ring (bicyclic) bond motifs is 1. The Hall–Kier alpha value is -1.81. The van der Waals surface area contributed by atoms with Crippen LogP contribution in [0.25, 0.3) is 5.03 Å². The van der Waals surface area contributed by atoms with Gasteiger partial charge in [0.05, 0.1) is 11.3 Å². The topological polar surface area (TPSA) is 50.7 Å². The van der Waals surface area contributed by atoms with E-state index in [2.05, 4.69) is 23.6 Å². The first-order valence-electron chi connectivity index (χ1n) is 5.54. The maximum absolute atomic E-state index is 11.9. The highest BCUT2D eigenvalue weighted by Crippen LogP contribution is 2.36. The number of rotatable bonds is 3. The van der Waals surface area contributed by atoms with Gasteiger partial charge in [-0.2, -0.15) is 0 Å². The largest absolute Gasteiger partial charge is 0.470 e. The van der Waals surface area contributed by atoms with Crippen molar-refractivity contribution < 1.29 is 9.53 Å². The molecule has 1 aromatic rings. The zero-order valence-electron chi connectivity index (χ0n) is 10.00. The first kappa shape index (κ1) is 12.6. The van der Waals surface area contributed by atoms with Crippen LogP contribution in [0.4, 0.5) is 5.69 Å². The molecule has 2 rings (SSSR count). The van der Waals surface area contributed by atoms with E-state index in [1.54, 1.807) is 12.1 Å². The van der Waals surface area contributed by atoms with E-state index in [1.807, 2.05) is 6.92 Å². The Morgan fingerprint density at radius 1 is 1.61 bits per heavy atom. The molecule has 0 fully saturated rings. The number of aliphatic imine (C=N–C) groups is 1. The van der Waals surface area contributed by atoms with Crippen molar-refractivity contribution >= 4 is 34.9 Å². The summed E-state index contributed by atoms with van der Waals surface area (Å²) in [6, 6.07) is 3.28. The van der Waals surface area contributed by atoms with Crippen molar-refractivity contribution in [3.05, 3.63) is 29.8 Å². The predicted molar refractivity (Wildman–Crippen MR) is 72.7 cm³/mol. The lowest BCUT2D eigenvalue weighted by Crippen LogP contribution is -2.42. The summed E-state index contributed by atoms with van der Waals surface area (Å²) in [5.74, 6) is 0.313. The molecule has 1 aliphatic rings. The van der Waals surface area contributed by atoms with E-state index in [0.29, 0.717) is 34.0 Å². The monoisotopic (exact) mass is 264 g/mol. The molecule has 1 atom stereocenters. The Morgan fingerprint density at radius 2 is 2.33 bits per heavy atom. The molecule has 0 aliphatic carbocycles. The molecular formula is C13H13ClN2O2. The number of ether oxygens (including phenoxy) is 1. The SMILES string of the molecule is C=Nc1cc2c(cc1C(=C)Cl)C(=O)NC(CC)O2. The first-order valence-corrected chi connectivity index (χ1v) is 5.91. The number of nitrogens with one attached hydrogen (secondary N) is 1. The maximum Gasteiger partial charge on any atom is 0.257 e. The lowest BCUT2D eigenvalue weighted by atomic mass is 10.0. The summed E-state index contributed by atoms with van der Waals surface area (Å²) in [6.07, 6.45) is 0.374. The molecule has 0 radical (unpaired) electrons. The van der Waals surface area contributed by atoms with Crippen LogP contribution < -0.4 is 10.1 Å². The van der Waals surface area contributed by atoms with Gasteiger partial charge in [0.25, 0.3) is 5.91 Å². The number of nitrogens with zero attached hydrogens (tertiary/aromatic N) is 1. The zero-order chi connectivity index (χ0) is 13.3. The summed E-state index contributed by atoms with van der Waals surface area (Å²) >= 11 is 5.88. The quantitative estimate of drug-likeness (QED) is 0.853. The van der Waals surface area contributed by atoms with Gasteiger partial charge in [-0.25, -0.2) is 0 Å². The molecule has 5 heteroatoms. The molecule has 1 N–H and O–H groups in total. The molecule has 1 heterocycles. The third kappa shape index (κ3) is 2.11. The Balaban J connectivity index is 2.56. The summed E-state index contributed by atoms with van der Waals surface area (Å²) in [5, 5.41) is 3.06. The van der Waals surface area contributed by atoms with Crippen molar-refractivity contribution in [3.63, 3.8) is 0 Å². The highest BCUT2D eigenvalue weighted by Gasteiger charge is 2.26. The van der Waals surface area contributed by atoms with Gasteiger partial charge in [0.2, 0.25) is 0 Å². The molecule has 0 aromatic heterocycles. The van der Waals surface area contributed by atoms with Gasteiger partial charge < -0.3 is 10.1 Å². The van der Waals surface area contributed by atoms with Crippen LogP contribution in [0.1, 0.15) is 29.3 Å². The fourth-order valence-corrected chi connectivity index (χ4v) is 1.94. The highest BCUT2D eigenvalue weighted by atomic mass is 35.5. The van der Waals surface area contributed by atoms with Gasteiger partial charge >= 0.3 is 0 Å². The van der Waals surface area contributed by atoms with Crippen LogP contribution in [0.15, 0.2) is 23.7 Å². The summed E-state index contributed by atoms with van der Waals surface area (Å²) in [6.45, 7) is 9.05. The fraction of sp³-hybridized carbons (Fsp3) is 0.231. The molecule has 4 nitrogen and oxygen atoms in total. The van der Waals surface area contributed by atoms with Crippen LogP contribution in [0.3, 0.4) is 0 Å². The third-order valence-corrected chi connectivity index (χ3v) is 2.94. The molecule has 1 aromatic carbocycles. The minimum atomic E-state index is -0.312. The predicted octanol–water partition coefficient (Wildman–Crippen LogP) is 3.09. The molecular weight excluding hydrogens is 252 g/mol. The van der Waals surface area contributed by atoms with Gasteiger partial charge in [0.1, 0.15) is 5.75 Å². The van der Waals surface area contributed by atoms with E-state index in [-0.39, 0.29) is 12.1 Å². The molecule has 1 amide bonds. The zero-order valence-corrected chi connectivity index (χ0v) is 10.8. The number of halogens is 1. The van der Waals surface area contributed by atoms with E-state index in [0.717, 1.165) is 0 Å². The van der Waals surface area contributed by atoms with Crippen LogP contribution >= 0.6 is 11.6 Å². The fourth-order valence-electron chi connectivity index (χ4n) is 1.78. The number of carbonyl (C=O) groups excluding carboxylic acids is 1. The Labute approximate surface area is 110 Å². The second-order valence-electron chi connectivity index (χ2n) is 3.92. The second kappa shape index (κ2) is 4.82. The average molecular weight is 265 g/mol. The van der Waals surface area contributed by atoms with Crippen molar-refractivity contribution in [1.82, 2.24) is 5.32 Å². The van der Waals surface area contributed by atoms with Gasteiger partial charge in [-0.15, -0.1) is 0 Å². The van der Waals surface area contributed by atoms with Gasteiger partial charge in [0, 0.05) is 23.1 Å². The lowest BCUT2D eigenvalue weighted by Gasteiger charge is -2.26. The smallest absolute Gasteiger partial charge is 0.257 e. The van der Waals surface area contributed by atoms with Crippen molar-refractivity contribution in [2.24, 2.45) is 4.99 Å². The van der Waals surface area contributed by atoms with Crippen molar-refractivity contribution in [2.75, 3.05) is 0 Å². The first-order chi connectivity index (χ1) is 8.56. The van der Waals surface area contributed by atoms with Gasteiger partial charge in [-0.05, 0) is 12.8 Å². The van der Waals surface area contributed by atoms with Gasteiger partial charge in [-0.1, -0.05) is 25.1 Å². The minimum absolute atomic E-state index is 0.183. The summed E-state index contributed by atoms with van der Waals surface area (Å²) in [5.41, 5.74) is 1.57. The minimum Gasteiger partial charge on any atom is -0.470 e. The number of carbonyl (C=O) groups is 1. The van der Waals surface area contributed by atoms with Crippen LogP contribution in [-0.2, 0) is 0 Å². The Kier molecular flexibility index (Phi) is 3.39. The van der Waals surface area contributed by atoms with E-state index in [1.165, 1.54) is 0 Å². The third-order valence-electron chi connectivity index (χ3n) is 2.74. The van der Waals surface area contributed by atoms with Gasteiger partial charge in [0.15, 0.2) is 6.23 Å². The molecule has 0 bridgehead atoms. The van der Waals surface area contributed by atoms with E-state index >= 15 is 0 Å². The van der Waals surface area contributed by atoms with Crippen LogP contribution in [0.5, 0.6) is 5.75 Å². The molecule has 0 saturated carbocycles. The van der Waals surface area contributed by atoms with Gasteiger partial charge in [-0.3, -0.25) is 9.79 Å². The summed E-state index contributed by atoms with van der Waals surface area (Å²) in [4.78, 5) is 15.8.